The van der Waals surface area contributed by atoms with Crippen LogP contribution in [0.4, 0.5) is 4.79 Å². The van der Waals surface area contributed by atoms with Gasteiger partial charge in [0, 0.05) is 6.54 Å². The van der Waals surface area contributed by atoms with Gasteiger partial charge >= 0.3 is 6.09 Å². The van der Waals surface area contributed by atoms with E-state index in [4.69, 9.17) is 4.74 Å². The molecule has 32 heavy (non-hydrogen) atoms. The lowest BCUT2D eigenvalue weighted by atomic mass is 9.97. The lowest BCUT2D eigenvalue weighted by Gasteiger charge is -2.32. The summed E-state index contributed by atoms with van der Waals surface area (Å²) in [5.74, 6) is -0.306. The van der Waals surface area contributed by atoms with Crippen molar-refractivity contribution in [3.63, 3.8) is 0 Å². The highest BCUT2D eigenvalue weighted by atomic mass is 16.6. The Labute approximate surface area is 192 Å². The smallest absolute Gasteiger partial charge is 0.408 e. The second-order valence-corrected chi connectivity index (χ2v) is 10.00. The predicted octanol–water partition coefficient (Wildman–Crippen LogP) is 4.04. The Kier molecular flexibility index (Phi) is 8.70. The number of benzene rings is 1. The molecule has 178 valence electrons. The van der Waals surface area contributed by atoms with Crippen LogP contribution in [0.1, 0.15) is 72.9 Å². The molecule has 0 aliphatic carbocycles. The SMILES string of the molecule is CC[C@H](C)[C@H](NC(=O)OC(C)(C)C)C(=O)N1C[C@@H](C)C[C@H]1C(=O)N[C@H](C)c1ccccc1. The Balaban J connectivity index is 2.16. The summed E-state index contributed by atoms with van der Waals surface area (Å²) in [6.07, 6.45) is 0.679. The van der Waals surface area contributed by atoms with Crippen LogP contribution in [-0.2, 0) is 14.3 Å². The van der Waals surface area contributed by atoms with Crippen molar-refractivity contribution in [2.75, 3.05) is 6.54 Å². The quantitative estimate of drug-likeness (QED) is 0.663. The van der Waals surface area contributed by atoms with Gasteiger partial charge in [-0.3, -0.25) is 9.59 Å². The van der Waals surface area contributed by atoms with Crippen LogP contribution in [0.3, 0.4) is 0 Å². The summed E-state index contributed by atoms with van der Waals surface area (Å²) in [4.78, 5) is 40.7. The summed E-state index contributed by atoms with van der Waals surface area (Å²) in [7, 11) is 0. The number of alkyl carbamates (subject to hydrolysis) is 1. The molecule has 0 spiro atoms. The van der Waals surface area contributed by atoms with E-state index in [0.717, 1.165) is 5.56 Å². The first-order valence-corrected chi connectivity index (χ1v) is 11.6. The first kappa shape index (κ1) is 25.7. The number of ether oxygens (including phenoxy) is 1. The van der Waals surface area contributed by atoms with Gasteiger partial charge < -0.3 is 20.3 Å². The average Bonchev–Trinajstić information content (AvgIpc) is 3.12. The molecular formula is C25H39N3O4. The van der Waals surface area contributed by atoms with Crippen molar-refractivity contribution in [2.45, 2.75) is 85.0 Å². The zero-order chi connectivity index (χ0) is 24.1. The van der Waals surface area contributed by atoms with Crippen LogP contribution in [-0.4, -0.2) is 47.0 Å². The van der Waals surface area contributed by atoms with E-state index in [1.807, 2.05) is 58.0 Å². The molecule has 1 saturated heterocycles. The number of carbonyl (C=O) groups excluding carboxylic acids is 3. The summed E-state index contributed by atoms with van der Waals surface area (Å²) >= 11 is 0. The normalized spacial score (nSPS) is 21.4. The monoisotopic (exact) mass is 445 g/mol. The van der Waals surface area contributed by atoms with Crippen molar-refractivity contribution in [2.24, 2.45) is 11.8 Å². The Hall–Kier alpha value is -2.57. The third-order valence-electron chi connectivity index (χ3n) is 5.91. The molecule has 3 amide bonds. The molecule has 5 atom stereocenters. The molecule has 2 N–H and O–H groups in total. The summed E-state index contributed by atoms with van der Waals surface area (Å²) in [6, 6.07) is 8.27. The number of nitrogens with zero attached hydrogens (tertiary/aromatic N) is 1. The minimum Gasteiger partial charge on any atom is -0.444 e. The maximum Gasteiger partial charge on any atom is 0.408 e. The van der Waals surface area contributed by atoms with Gasteiger partial charge in [-0.15, -0.1) is 0 Å². The van der Waals surface area contributed by atoms with E-state index < -0.39 is 23.8 Å². The minimum atomic E-state index is -0.748. The van der Waals surface area contributed by atoms with Crippen molar-refractivity contribution >= 4 is 17.9 Å². The fourth-order valence-corrected chi connectivity index (χ4v) is 3.97. The van der Waals surface area contributed by atoms with E-state index in [-0.39, 0.29) is 29.7 Å². The molecule has 7 nitrogen and oxygen atoms in total. The molecule has 0 unspecified atom stereocenters. The number of rotatable bonds is 7. The number of hydrogen-bond acceptors (Lipinski definition) is 4. The maximum atomic E-state index is 13.5. The summed E-state index contributed by atoms with van der Waals surface area (Å²) in [5.41, 5.74) is 0.347. The predicted molar refractivity (Wildman–Crippen MR) is 125 cm³/mol. The number of amides is 3. The third kappa shape index (κ3) is 6.97. The van der Waals surface area contributed by atoms with E-state index in [1.165, 1.54) is 0 Å². The van der Waals surface area contributed by atoms with E-state index in [9.17, 15) is 14.4 Å². The van der Waals surface area contributed by atoms with Gasteiger partial charge in [0.05, 0.1) is 6.04 Å². The van der Waals surface area contributed by atoms with Gasteiger partial charge in [0.15, 0.2) is 0 Å². The van der Waals surface area contributed by atoms with Crippen molar-refractivity contribution in [3.8, 4) is 0 Å². The second-order valence-electron chi connectivity index (χ2n) is 10.00. The molecule has 7 heteroatoms. The maximum absolute atomic E-state index is 13.5. The van der Waals surface area contributed by atoms with E-state index in [0.29, 0.717) is 19.4 Å². The van der Waals surface area contributed by atoms with Gasteiger partial charge in [-0.2, -0.15) is 0 Å². The highest BCUT2D eigenvalue weighted by Crippen LogP contribution is 2.26. The van der Waals surface area contributed by atoms with Gasteiger partial charge in [-0.05, 0) is 51.5 Å². The van der Waals surface area contributed by atoms with Gasteiger partial charge in [0.1, 0.15) is 17.7 Å². The fourth-order valence-electron chi connectivity index (χ4n) is 3.97. The first-order valence-electron chi connectivity index (χ1n) is 11.6. The number of hydrogen-bond donors (Lipinski definition) is 2. The van der Waals surface area contributed by atoms with Gasteiger partial charge in [-0.25, -0.2) is 4.79 Å². The van der Waals surface area contributed by atoms with Gasteiger partial charge in [0.2, 0.25) is 11.8 Å². The van der Waals surface area contributed by atoms with Crippen LogP contribution >= 0.6 is 0 Å². The van der Waals surface area contributed by atoms with Crippen LogP contribution in [0, 0.1) is 11.8 Å². The van der Waals surface area contributed by atoms with E-state index in [1.54, 1.807) is 25.7 Å². The van der Waals surface area contributed by atoms with Gasteiger partial charge in [-0.1, -0.05) is 57.5 Å². The molecule has 1 aliphatic rings. The molecule has 1 aliphatic heterocycles. The molecule has 1 aromatic carbocycles. The Bertz CT molecular complexity index is 790. The lowest BCUT2D eigenvalue weighted by Crippen LogP contribution is -2.56. The van der Waals surface area contributed by atoms with Crippen molar-refractivity contribution < 1.29 is 19.1 Å². The van der Waals surface area contributed by atoms with Crippen LogP contribution in [0.2, 0.25) is 0 Å². The lowest BCUT2D eigenvalue weighted by molar-refractivity contribution is -0.141. The van der Waals surface area contributed by atoms with E-state index >= 15 is 0 Å². The van der Waals surface area contributed by atoms with Crippen LogP contribution in [0.25, 0.3) is 0 Å². The zero-order valence-electron chi connectivity index (χ0n) is 20.5. The largest absolute Gasteiger partial charge is 0.444 e. The standard InChI is InChI=1S/C25H39N3O4/c1-8-17(3)21(27-24(31)32-25(5,6)7)23(30)28-15-16(2)14-20(28)22(29)26-18(4)19-12-10-9-11-13-19/h9-13,16-18,20-21H,8,14-15H2,1-7H3,(H,26,29)(H,27,31)/t16-,17-,18+,20-,21-/m0/s1. The minimum absolute atomic E-state index is 0.0992. The Morgan fingerprint density at radius 3 is 2.31 bits per heavy atom. The van der Waals surface area contributed by atoms with Crippen LogP contribution < -0.4 is 10.6 Å². The highest BCUT2D eigenvalue weighted by molar-refractivity contribution is 5.92. The van der Waals surface area contributed by atoms with Crippen molar-refractivity contribution in [3.05, 3.63) is 35.9 Å². The van der Waals surface area contributed by atoms with Gasteiger partial charge in [0.25, 0.3) is 0 Å². The molecule has 0 radical (unpaired) electrons. The Morgan fingerprint density at radius 1 is 1.12 bits per heavy atom. The van der Waals surface area contributed by atoms with Crippen LogP contribution in [0.5, 0.6) is 0 Å². The number of nitrogens with one attached hydrogen (secondary N) is 2. The molecule has 1 fully saturated rings. The molecule has 1 aromatic rings. The van der Waals surface area contributed by atoms with Crippen molar-refractivity contribution in [1.29, 1.82) is 0 Å². The second kappa shape index (κ2) is 10.8. The van der Waals surface area contributed by atoms with E-state index in [2.05, 4.69) is 10.6 Å². The molecule has 0 saturated carbocycles. The topological polar surface area (TPSA) is 87.7 Å². The summed E-state index contributed by atoms with van der Waals surface area (Å²) < 4.78 is 5.37. The molecule has 2 rings (SSSR count). The highest BCUT2D eigenvalue weighted by Gasteiger charge is 2.42. The summed E-state index contributed by atoms with van der Waals surface area (Å²) in [6.45, 7) is 13.7. The molecular weight excluding hydrogens is 406 g/mol. The zero-order valence-corrected chi connectivity index (χ0v) is 20.5. The molecule has 0 aromatic heterocycles. The van der Waals surface area contributed by atoms with Crippen molar-refractivity contribution in [1.82, 2.24) is 15.5 Å². The fraction of sp³-hybridized carbons (Fsp3) is 0.640. The number of carbonyl (C=O) groups is 3. The van der Waals surface area contributed by atoms with Crippen LogP contribution in [0.15, 0.2) is 30.3 Å². The third-order valence-corrected chi connectivity index (χ3v) is 5.91. The molecule has 1 heterocycles. The number of likely N-dealkylation sites (tertiary alicyclic amines) is 1. The Morgan fingerprint density at radius 2 is 1.75 bits per heavy atom. The summed E-state index contributed by atoms with van der Waals surface area (Å²) in [5, 5.41) is 5.81. The average molecular weight is 446 g/mol. The molecule has 0 bridgehead atoms. The first-order chi connectivity index (χ1) is 14.9.